The molecule has 0 aliphatic heterocycles. The van der Waals surface area contributed by atoms with E-state index in [9.17, 15) is 18.4 Å². The van der Waals surface area contributed by atoms with Crippen LogP contribution in [0.5, 0.6) is 5.75 Å². The molecule has 0 aliphatic rings. The first kappa shape index (κ1) is 24.0. The van der Waals surface area contributed by atoms with Crippen LogP contribution in [0.25, 0.3) is 11.3 Å². The third-order valence-electron chi connectivity index (χ3n) is 4.61. The van der Waals surface area contributed by atoms with Gasteiger partial charge in [-0.3, -0.25) is 0 Å². The molecule has 0 bridgehead atoms. The Morgan fingerprint density at radius 2 is 1.78 bits per heavy atom. The Kier molecular flexibility index (Phi) is 8.05. The summed E-state index contributed by atoms with van der Waals surface area (Å²) in [4.78, 5) is 4.40. The third-order valence-corrected chi connectivity index (χ3v) is 5.91. The fraction of sp³-hybridized carbons (Fsp3) is 0.250. The number of thioether (sulfide) groups is 1. The number of hydrogen-bond acceptors (Lipinski definition) is 4. The molecule has 0 amide bonds. The predicted octanol–water partition coefficient (Wildman–Crippen LogP) is 7.76. The Hall–Kier alpha value is -2.69. The predicted molar refractivity (Wildman–Crippen MR) is 121 cm³/mol. The Balaban J connectivity index is 1.94. The second kappa shape index (κ2) is 10.8. The van der Waals surface area contributed by atoms with E-state index in [1.54, 1.807) is 54.6 Å². The van der Waals surface area contributed by atoms with Crippen molar-refractivity contribution in [3.8, 4) is 23.1 Å². The van der Waals surface area contributed by atoms with Crippen molar-refractivity contribution in [2.75, 3.05) is 6.61 Å². The molecule has 0 spiro atoms. The van der Waals surface area contributed by atoms with Crippen molar-refractivity contribution in [3.63, 3.8) is 0 Å². The van der Waals surface area contributed by atoms with Crippen LogP contribution in [0.4, 0.5) is 13.2 Å². The average molecular weight is 477 g/mol. The van der Waals surface area contributed by atoms with Crippen molar-refractivity contribution >= 4 is 23.4 Å². The Morgan fingerprint density at radius 3 is 2.38 bits per heavy atom. The highest BCUT2D eigenvalue weighted by atomic mass is 35.5. The molecule has 3 aromatic rings. The van der Waals surface area contributed by atoms with Crippen LogP contribution in [0.15, 0.2) is 59.6 Å². The number of hydrogen-bond donors (Lipinski definition) is 0. The van der Waals surface area contributed by atoms with Gasteiger partial charge in [0.15, 0.2) is 0 Å². The number of unbranched alkanes of at least 4 members (excludes halogenated alkanes) is 1. The van der Waals surface area contributed by atoms with Gasteiger partial charge in [-0.25, -0.2) is 4.98 Å². The minimum atomic E-state index is -4.68. The molecule has 0 atom stereocenters. The standard InChI is InChI=1S/C24H20ClF3N2OS/c1-2-3-12-31-19-10-6-17(7-11-19)22-13-21(24(26,27)28)20(14-29)23(30-22)32-15-16-4-8-18(25)9-5-16/h4-11,13H,2-3,12,15H2,1H3. The molecule has 3 rings (SSSR count). The number of pyridine rings is 1. The number of aromatic nitrogens is 1. The monoisotopic (exact) mass is 476 g/mol. The van der Waals surface area contributed by atoms with Gasteiger partial charge in [0.1, 0.15) is 16.8 Å². The summed E-state index contributed by atoms with van der Waals surface area (Å²) >= 11 is 6.97. The highest BCUT2D eigenvalue weighted by Crippen LogP contribution is 2.38. The van der Waals surface area contributed by atoms with Gasteiger partial charge in [-0.2, -0.15) is 18.4 Å². The summed E-state index contributed by atoms with van der Waals surface area (Å²) in [5.74, 6) is 0.994. The molecule has 8 heteroatoms. The van der Waals surface area contributed by atoms with Gasteiger partial charge in [0.2, 0.25) is 0 Å². The summed E-state index contributed by atoms with van der Waals surface area (Å²) < 4.78 is 46.8. The molecule has 0 fully saturated rings. The van der Waals surface area contributed by atoms with Gasteiger partial charge < -0.3 is 4.74 Å². The number of benzene rings is 2. The lowest BCUT2D eigenvalue weighted by Gasteiger charge is -2.14. The molecule has 0 saturated carbocycles. The Labute approximate surface area is 194 Å². The van der Waals surface area contributed by atoms with Crippen LogP contribution in [-0.4, -0.2) is 11.6 Å². The topological polar surface area (TPSA) is 45.9 Å². The molecule has 0 unspecified atom stereocenters. The van der Waals surface area contributed by atoms with Crippen molar-refractivity contribution in [1.29, 1.82) is 5.26 Å². The number of nitrogens with zero attached hydrogens (tertiary/aromatic N) is 2. The molecule has 3 nitrogen and oxygen atoms in total. The SMILES string of the molecule is CCCCOc1ccc(-c2cc(C(F)(F)F)c(C#N)c(SCc3ccc(Cl)cc3)n2)cc1. The zero-order valence-corrected chi connectivity index (χ0v) is 18.8. The number of nitriles is 1. The highest BCUT2D eigenvalue weighted by molar-refractivity contribution is 7.98. The molecular formula is C24H20ClF3N2OS. The molecule has 0 aliphatic carbocycles. The molecule has 0 radical (unpaired) electrons. The van der Waals surface area contributed by atoms with Crippen molar-refractivity contribution in [1.82, 2.24) is 4.98 Å². The average Bonchev–Trinajstić information content (AvgIpc) is 2.78. The van der Waals surface area contributed by atoms with E-state index in [1.807, 2.05) is 0 Å². The molecule has 1 aromatic heterocycles. The zero-order chi connectivity index (χ0) is 23.1. The van der Waals surface area contributed by atoms with Gasteiger partial charge in [-0.1, -0.05) is 37.1 Å². The Bertz CT molecular complexity index is 1090. The zero-order valence-electron chi connectivity index (χ0n) is 17.2. The van der Waals surface area contributed by atoms with E-state index >= 15 is 0 Å². The molecule has 166 valence electrons. The van der Waals surface area contributed by atoms with E-state index in [1.165, 1.54) is 0 Å². The maximum atomic E-state index is 13.7. The van der Waals surface area contributed by atoms with Gasteiger partial charge >= 0.3 is 6.18 Å². The van der Waals surface area contributed by atoms with Gasteiger partial charge in [-0.05, 0) is 54.4 Å². The van der Waals surface area contributed by atoms with E-state index in [2.05, 4.69) is 11.9 Å². The van der Waals surface area contributed by atoms with Crippen LogP contribution in [0, 0.1) is 11.3 Å². The minimum absolute atomic E-state index is 0.0375. The van der Waals surface area contributed by atoms with Crippen LogP contribution >= 0.6 is 23.4 Å². The van der Waals surface area contributed by atoms with Crippen LogP contribution in [-0.2, 0) is 11.9 Å². The van der Waals surface area contributed by atoms with E-state index in [0.717, 1.165) is 36.2 Å². The first-order valence-electron chi connectivity index (χ1n) is 9.94. The van der Waals surface area contributed by atoms with Crippen LogP contribution in [0.3, 0.4) is 0 Å². The van der Waals surface area contributed by atoms with E-state index in [-0.39, 0.29) is 10.7 Å². The first-order valence-corrected chi connectivity index (χ1v) is 11.3. The first-order chi connectivity index (χ1) is 15.3. The number of halogens is 4. The van der Waals surface area contributed by atoms with Crippen molar-refractivity contribution in [2.24, 2.45) is 0 Å². The second-order valence-electron chi connectivity index (χ2n) is 6.99. The maximum absolute atomic E-state index is 13.7. The molecule has 2 aromatic carbocycles. The van der Waals surface area contributed by atoms with E-state index < -0.39 is 17.3 Å². The van der Waals surface area contributed by atoms with Gasteiger partial charge in [0, 0.05) is 16.3 Å². The summed E-state index contributed by atoms with van der Waals surface area (Å²) in [5.41, 5.74) is 0.0513. The van der Waals surface area contributed by atoms with Crippen LogP contribution < -0.4 is 4.74 Å². The lowest BCUT2D eigenvalue weighted by molar-refractivity contribution is -0.138. The lowest BCUT2D eigenvalue weighted by atomic mass is 10.1. The quantitative estimate of drug-likeness (QED) is 0.246. The van der Waals surface area contributed by atoms with E-state index in [0.29, 0.717) is 28.7 Å². The van der Waals surface area contributed by atoms with Crippen LogP contribution in [0.1, 0.15) is 36.5 Å². The molecular weight excluding hydrogens is 457 g/mol. The fourth-order valence-electron chi connectivity index (χ4n) is 2.89. The van der Waals surface area contributed by atoms with Crippen molar-refractivity contribution in [3.05, 3.63) is 76.3 Å². The number of rotatable bonds is 8. The Morgan fingerprint density at radius 1 is 1.09 bits per heavy atom. The summed E-state index contributed by atoms with van der Waals surface area (Å²) in [6.45, 7) is 2.64. The van der Waals surface area contributed by atoms with Crippen molar-refractivity contribution in [2.45, 2.75) is 36.7 Å². The highest BCUT2D eigenvalue weighted by Gasteiger charge is 2.36. The van der Waals surface area contributed by atoms with Crippen LogP contribution in [0.2, 0.25) is 5.02 Å². The summed E-state index contributed by atoms with van der Waals surface area (Å²) in [6.07, 6.45) is -2.76. The van der Waals surface area contributed by atoms with Crippen molar-refractivity contribution < 1.29 is 17.9 Å². The molecule has 1 heterocycles. The summed E-state index contributed by atoms with van der Waals surface area (Å²) in [7, 11) is 0. The summed E-state index contributed by atoms with van der Waals surface area (Å²) in [5, 5.41) is 10.1. The molecule has 32 heavy (non-hydrogen) atoms. The third kappa shape index (κ3) is 6.18. The summed E-state index contributed by atoms with van der Waals surface area (Å²) in [6, 6.07) is 16.4. The lowest BCUT2D eigenvalue weighted by Crippen LogP contribution is -2.10. The second-order valence-corrected chi connectivity index (χ2v) is 8.39. The largest absolute Gasteiger partial charge is 0.494 e. The maximum Gasteiger partial charge on any atom is 0.417 e. The van der Waals surface area contributed by atoms with Gasteiger partial charge in [0.25, 0.3) is 0 Å². The van der Waals surface area contributed by atoms with Gasteiger partial charge in [0.05, 0.1) is 23.4 Å². The smallest absolute Gasteiger partial charge is 0.417 e. The number of alkyl halides is 3. The fourth-order valence-corrected chi connectivity index (χ4v) is 3.98. The normalized spacial score (nSPS) is 11.2. The number of ether oxygens (including phenoxy) is 1. The van der Waals surface area contributed by atoms with Gasteiger partial charge in [-0.15, -0.1) is 11.8 Å². The molecule has 0 saturated heterocycles. The molecule has 0 N–H and O–H groups in total. The minimum Gasteiger partial charge on any atom is -0.494 e. The van der Waals surface area contributed by atoms with E-state index in [4.69, 9.17) is 16.3 Å².